The molecule has 8 heteroatoms. The van der Waals surface area contributed by atoms with Crippen molar-refractivity contribution in [3.63, 3.8) is 0 Å². The fraction of sp³-hybridized carbons (Fsp3) is 0.350. The van der Waals surface area contributed by atoms with Gasteiger partial charge < -0.3 is 25.4 Å². The van der Waals surface area contributed by atoms with Gasteiger partial charge in [-0.1, -0.05) is 12.1 Å². The fourth-order valence-corrected chi connectivity index (χ4v) is 2.78. The van der Waals surface area contributed by atoms with Crippen molar-refractivity contribution < 1.29 is 18.3 Å². The topological polar surface area (TPSA) is 72.1 Å². The third kappa shape index (κ3) is 5.32. The minimum Gasteiger partial charge on any atom is -0.493 e. The van der Waals surface area contributed by atoms with Crippen molar-refractivity contribution in [1.29, 1.82) is 0 Å². The lowest BCUT2D eigenvalue weighted by molar-refractivity contribution is 0.283. The van der Waals surface area contributed by atoms with Gasteiger partial charge in [0.1, 0.15) is 11.6 Å². The highest BCUT2D eigenvalue weighted by Crippen LogP contribution is 2.28. The Bertz CT molecular complexity index is 808. The van der Waals surface area contributed by atoms with E-state index in [9.17, 15) is 8.78 Å². The van der Waals surface area contributed by atoms with E-state index < -0.39 is 17.7 Å². The SMILES string of the molecule is COc1ccc(CN=C(N)NCC(c2c(F)cccc2F)N(C)C)cc1OC. The average molecular weight is 392 g/mol. The van der Waals surface area contributed by atoms with Gasteiger partial charge >= 0.3 is 0 Å². The van der Waals surface area contributed by atoms with Crippen molar-refractivity contribution >= 4 is 5.96 Å². The molecule has 28 heavy (non-hydrogen) atoms. The number of hydrogen-bond donors (Lipinski definition) is 2. The Balaban J connectivity index is 2.06. The summed E-state index contributed by atoms with van der Waals surface area (Å²) >= 11 is 0. The van der Waals surface area contributed by atoms with Gasteiger partial charge in [0.2, 0.25) is 0 Å². The second kappa shape index (κ2) is 9.89. The van der Waals surface area contributed by atoms with Gasteiger partial charge in [0.15, 0.2) is 17.5 Å². The Kier molecular flexibility index (Phi) is 7.57. The van der Waals surface area contributed by atoms with Gasteiger partial charge in [-0.05, 0) is 43.9 Å². The van der Waals surface area contributed by atoms with E-state index in [1.54, 1.807) is 39.3 Å². The summed E-state index contributed by atoms with van der Waals surface area (Å²) in [5.74, 6) is 0.215. The summed E-state index contributed by atoms with van der Waals surface area (Å²) in [4.78, 5) is 5.99. The molecular weight excluding hydrogens is 366 g/mol. The number of nitrogens with zero attached hydrogens (tertiary/aromatic N) is 2. The summed E-state index contributed by atoms with van der Waals surface area (Å²) < 4.78 is 38.7. The first kappa shape index (κ1) is 21.4. The third-order valence-corrected chi connectivity index (χ3v) is 4.31. The zero-order valence-corrected chi connectivity index (χ0v) is 16.5. The van der Waals surface area contributed by atoms with Crippen LogP contribution in [0.2, 0.25) is 0 Å². The van der Waals surface area contributed by atoms with Crippen LogP contribution in [0, 0.1) is 11.6 Å². The lowest BCUT2D eigenvalue weighted by Crippen LogP contribution is -2.39. The molecule has 0 amide bonds. The maximum atomic E-state index is 14.1. The van der Waals surface area contributed by atoms with E-state index >= 15 is 0 Å². The van der Waals surface area contributed by atoms with Crippen molar-refractivity contribution in [1.82, 2.24) is 10.2 Å². The van der Waals surface area contributed by atoms with Gasteiger partial charge in [-0.15, -0.1) is 0 Å². The van der Waals surface area contributed by atoms with Gasteiger partial charge in [0, 0.05) is 12.1 Å². The summed E-state index contributed by atoms with van der Waals surface area (Å²) in [6.45, 7) is 0.520. The molecule has 0 saturated heterocycles. The van der Waals surface area contributed by atoms with E-state index in [1.165, 1.54) is 18.2 Å². The molecule has 2 aromatic rings. The lowest BCUT2D eigenvalue weighted by atomic mass is 10.0. The predicted octanol–water partition coefficient (Wildman–Crippen LogP) is 2.69. The normalized spacial score (nSPS) is 12.8. The number of halogens is 2. The van der Waals surface area contributed by atoms with Crippen LogP contribution in [0.3, 0.4) is 0 Å². The van der Waals surface area contributed by atoms with E-state index in [0.29, 0.717) is 18.0 Å². The maximum absolute atomic E-state index is 14.1. The van der Waals surface area contributed by atoms with Crippen LogP contribution in [-0.2, 0) is 6.54 Å². The number of aliphatic imine (C=N–C) groups is 1. The van der Waals surface area contributed by atoms with Crippen molar-refractivity contribution in [2.75, 3.05) is 34.9 Å². The molecule has 0 spiro atoms. The highest BCUT2D eigenvalue weighted by molar-refractivity contribution is 5.77. The largest absolute Gasteiger partial charge is 0.493 e. The van der Waals surface area contributed by atoms with Crippen LogP contribution in [0.5, 0.6) is 11.5 Å². The smallest absolute Gasteiger partial charge is 0.188 e. The van der Waals surface area contributed by atoms with Gasteiger partial charge in [0.25, 0.3) is 0 Å². The van der Waals surface area contributed by atoms with Gasteiger partial charge in [-0.25, -0.2) is 13.8 Å². The molecule has 0 saturated carbocycles. The van der Waals surface area contributed by atoms with E-state index in [-0.39, 0.29) is 18.1 Å². The highest BCUT2D eigenvalue weighted by Gasteiger charge is 2.22. The molecule has 0 aliphatic rings. The van der Waals surface area contributed by atoms with E-state index in [4.69, 9.17) is 15.2 Å². The van der Waals surface area contributed by atoms with Crippen molar-refractivity contribution in [3.05, 3.63) is 59.2 Å². The molecule has 3 N–H and O–H groups in total. The number of hydrogen-bond acceptors (Lipinski definition) is 4. The molecular formula is C20H26F2N4O2. The number of ether oxygens (including phenoxy) is 2. The van der Waals surface area contributed by atoms with Crippen molar-refractivity contribution in [2.24, 2.45) is 10.7 Å². The minimum atomic E-state index is -0.596. The Morgan fingerprint density at radius 1 is 1.11 bits per heavy atom. The number of guanidine groups is 1. The monoisotopic (exact) mass is 392 g/mol. The lowest BCUT2D eigenvalue weighted by Gasteiger charge is -2.26. The molecule has 0 bridgehead atoms. The standard InChI is InChI=1S/C20H26F2N4O2/c1-26(2)16(19-14(21)6-5-7-15(19)22)12-25-20(23)24-11-13-8-9-17(27-3)18(10-13)28-4/h5-10,16H,11-12H2,1-4H3,(H3,23,24,25). The summed E-state index contributed by atoms with van der Waals surface area (Å²) in [7, 11) is 6.62. The quantitative estimate of drug-likeness (QED) is 0.534. The molecule has 2 rings (SSSR count). The van der Waals surface area contributed by atoms with Crippen molar-refractivity contribution in [2.45, 2.75) is 12.6 Å². The van der Waals surface area contributed by atoms with Crippen LogP contribution in [0.4, 0.5) is 8.78 Å². The van der Waals surface area contributed by atoms with Gasteiger partial charge in [-0.2, -0.15) is 0 Å². The van der Waals surface area contributed by atoms with Crippen LogP contribution >= 0.6 is 0 Å². The Morgan fingerprint density at radius 3 is 2.32 bits per heavy atom. The van der Waals surface area contributed by atoms with Crippen molar-refractivity contribution in [3.8, 4) is 11.5 Å². The molecule has 0 radical (unpaired) electrons. The Labute approximate surface area is 164 Å². The summed E-state index contributed by atoms with van der Waals surface area (Å²) in [5.41, 5.74) is 6.80. The molecule has 6 nitrogen and oxygen atoms in total. The van der Waals surface area contributed by atoms with Gasteiger partial charge in [-0.3, -0.25) is 0 Å². The molecule has 0 aliphatic heterocycles. The minimum absolute atomic E-state index is 0.00677. The molecule has 0 fully saturated rings. The Hall–Kier alpha value is -2.87. The molecule has 1 atom stereocenters. The maximum Gasteiger partial charge on any atom is 0.188 e. The average Bonchev–Trinajstić information content (AvgIpc) is 2.67. The summed E-state index contributed by atoms with van der Waals surface area (Å²) in [6.07, 6.45) is 0. The predicted molar refractivity (Wildman–Crippen MR) is 106 cm³/mol. The summed E-state index contributed by atoms with van der Waals surface area (Å²) in [6, 6.07) is 8.73. The second-order valence-corrected chi connectivity index (χ2v) is 6.39. The first-order valence-corrected chi connectivity index (χ1v) is 8.72. The first-order valence-electron chi connectivity index (χ1n) is 8.72. The van der Waals surface area contributed by atoms with Crippen LogP contribution in [0.1, 0.15) is 17.2 Å². The number of nitrogens with two attached hydrogens (primary N) is 1. The van der Waals surface area contributed by atoms with Crippen LogP contribution in [0.25, 0.3) is 0 Å². The Morgan fingerprint density at radius 2 is 1.75 bits per heavy atom. The molecule has 1 unspecified atom stereocenters. The first-order chi connectivity index (χ1) is 13.4. The summed E-state index contributed by atoms with van der Waals surface area (Å²) in [5, 5.41) is 2.94. The molecule has 0 aliphatic carbocycles. The zero-order valence-electron chi connectivity index (χ0n) is 16.5. The molecule has 0 heterocycles. The van der Waals surface area contributed by atoms with E-state index in [1.807, 2.05) is 12.1 Å². The number of likely N-dealkylation sites (N-methyl/N-ethyl adjacent to an activating group) is 1. The third-order valence-electron chi connectivity index (χ3n) is 4.31. The number of rotatable bonds is 8. The van der Waals surface area contributed by atoms with Crippen LogP contribution < -0.4 is 20.5 Å². The fourth-order valence-electron chi connectivity index (χ4n) is 2.78. The number of methoxy groups -OCH3 is 2. The van der Waals surface area contributed by atoms with Crippen LogP contribution in [-0.4, -0.2) is 45.7 Å². The van der Waals surface area contributed by atoms with E-state index in [0.717, 1.165) is 5.56 Å². The zero-order chi connectivity index (χ0) is 20.7. The van der Waals surface area contributed by atoms with E-state index in [2.05, 4.69) is 10.3 Å². The number of nitrogens with one attached hydrogen (secondary N) is 1. The molecule has 0 aromatic heterocycles. The highest BCUT2D eigenvalue weighted by atomic mass is 19.1. The van der Waals surface area contributed by atoms with Crippen LogP contribution in [0.15, 0.2) is 41.4 Å². The second-order valence-electron chi connectivity index (χ2n) is 6.39. The molecule has 2 aromatic carbocycles. The molecule has 152 valence electrons. The number of benzene rings is 2. The van der Waals surface area contributed by atoms with Gasteiger partial charge in [0.05, 0.1) is 26.8 Å².